The summed E-state index contributed by atoms with van der Waals surface area (Å²) in [6.07, 6.45) is 8.46. The van der Waals surface area contributed by atoms with Gasteiger partial charge in [-0.15, -0.1) is 0 Å². The number of hydrogen-bond donors (Lipinski definition) is 0. The molecule has 0 radical (unpaired) electrons. The topological polar surface area (TPSA) is 0 Å². The zero-order valence-electron chi connectivity index (χ0n) is 6.49. The van der Waals surface area contributed by atoms with Crippen molar-refractivity contribution in [2.75, 3.05) is 0 Å². The summed E-state index contributed by atoms with van der Waals surface area (Å²) in [7, 11) is 0. The van der Waals surface area contributed by atoms with Crippen molar-refractivity contribution in [2.24, 2.45) is 0 Å². The van der Waals surface area contributed by atoms with Crippen LogP contribution in [0.5, 0.6) is 0 Å². The van der Waals surface area contributed by atoms with E-state index in [0.717, 1.165) is 5.92 Å². The van der Waals surface area contributed by atoms with Crippen molar-refractivity contribution in [3.8, 4) is 0 Å². The van der Waals surface area contributed by atoms with Gasteiger partial charge >= 0.3 is 0 Å². The Morgan fingerprint density at radius 2 is 2.36 bits per heavy atom. The van der Waals surface area contributed by atoms with E-state index in [1.54, 1.807) is 5.56 Å². The third-order valence-corrected chi connectivity index (χ3v) is 2.99. The van der Waals surface area contributed by atoms with Gasteiger partial charge in [0.15, 0.2) is 0 Å². The van der Waals surface area contributed by atoms with Crippen LogP contribution in [0.1, 0.15) is 30.7 Å². The summed E-state index contributed by atoms with van der Waals surface area (Å²) >= 11 is 1.81. The van der Waals surface area contributed by atoms with Crippen molar-refractivity contribution >= 4 is 11.3 Å². The molecular weight excluding hydrogens is 152 g/mol. The van der Waals surface area contributed by atoms with Crippen LogP contribution < -0.4 is 0 Å². The summed E-state index contributed by atoms with van der Waals surface area (Å²) in [5.41, 5.74) is 1.54. The molecule has 1 atom stereocenters. The third-order valence-electron chi connectivity index (χ3n) is 2.28. The highest BCUT2D eigenvalue weighted by Gasteiger charge is 2.11. The van der Waals surface area contributed by atoms with E-state index in [1.165, 1.54) is 19.3 Å². The van der Waals surface area contributed by atoms with Crippen LogP contribution in [0.3, 0.4) is 0 Å². The fourth-order valence-corrected chi connectivity index (χ4v) is 2.35. The lowest BCUT2D eigenvalue weighted by molar-refractivity contribution is 0.619. The third kappa shape index (κ3) is 1.54. The van der Waals surface area contributed by atoms with Crippen LogP contribution in [0.25, 0.3) is 0 Å². The van der Waals surface area contributed by atoms with Gasteiger partial charge in [0.1, 0.15) is 0 Å². The molecule has 2 rings (SSSR count). The lowest BCUT2D eigenvalue weighted by Gasteiger charge is -2.15. The molecule has 1 heteroatoms. The lowest BCUT2D eigenvalue weighted by Crippen LogP contribution is -1.98. The minimum Gasteiger partial charge on any atom is -0.152 e. The number of hydrogen-bond acceptors (Lipinski definition) is 1. The van der Waals surface area contributed by atoms with Crippen LogP contribution in [0.15, 0.2) is 29.0 Å². The first kappa shape index (κ1) is 7.11. The van der Waals surface area contributed by atoms with Gasteiger partial charge < -0.3 is 0 Å². The van der Waals surface area contributed by atoms with Gasteiger partial charge in [-0.25, -0.2) is 0 Å². The Bertz CT molecular complexity index is 233. The minimum atomic E-state index is 0.811. The highest BCUT2D eigenvalue weighted by Crippen LogP contribution is 2.29. The van der Waals surface area contributed by atoms with E-state index in [-0.39, 0.29) is 0 Å². The molecule has 11 heavy (non-hydrogen) atoms. The van der Waals surface area contributed by atoms with Crippen molar-refractivity contribution in [3.05, 3.63) is 34.5 Å². The highest BCUT2D eigenvalue weighted by atomic mass is 32.1. The number of allylic oxidation sites excluding steroid dienone is 2. The molecule has 0 amide bonds. The summed E-state index contributed by atoms with van der Waals surface area (Å²) in [6.45, 7) is 0. The fourth-order valence-electron chi connectivity index (χ4n) is 1.60. The monoisotopic (exact) mass is 164 g/mol. The molecule has 58 valence electrons. The quantitative estimate of drug-likeness (QED) is 0.557. The van der Waals surface area contributed by atoms with Gasteiger partial charge in [-0.3, -0.25) is 0 Å². The smallest absolute Gasteiger partial charge is 0.00583 e. The molecule has 0 aliphatic heterocycles. The van der Waals surface area contributed by atoms with Crippen molar-refractivity contribution < 1.29 is 0 Å². The molecule has 1 aromatic heterocycles. The molecule has 1 aliphatic rings. The first-order valence-corrected chi connectivity index (χ1v) is 5.08. The summed E-state index contributed by atoms with van der Waals surface area (Å²) in [6, 6.07) is 2.26. The molecular formula is C10H12S. The van der Waals surface area contributed by atoms with Gasteiger partial charge in [-0.2, -0.15) is 11.3 Å². The van der Waals surface area contributed by atoms with Gasteiger partial charge in [0.2, 0.25) is 0 Å². The predicted octanol–water partition coefficient (Wildman–Crippen LogP) is 3.57. The van der Waals surface area contributed by atoms with Crippen LogP contribution in [-0.2, 0) is 0 Å². The van der Waals surface area contributed by atoms with Crippen LogP contribution in [0.2, 0.25) is 0 Å². The van der Waals surface area contributed by atoms with Crippen molar-refractivity contribution in [1.29, 1.82) is 0 Å². The van der Waals surface area contributed by atoms with E-state index in [0.29, 0.717) is 0 Å². The Hall–Kier alpha value is -0.560. The highest BCUT2D eigenvalue weighted by molar-refractivity contribution is 7.07. The van der Waals surface area contributed by atoms with Gasteiger partial charge in [0, 0.05) is 0 Å². The molecule has 1 aliphatic carbocycles. The summed E-state index contributed by atoms with van der Waals surface area (Å²) < 4.78 is 0. The summed E-state index contributed by atoms with van der Waals surface area (Å²) in [5.74, 6) is 0.811. The maximum absolute atomic E-state index is 2.31. The molecule has 0 aromatic carbocycles. The molecule has 1 unspecified atom stereocenters. The zero-order valence-corrected chi connectivity index (χ0v) is 7.31. The number of rotatable bonds is 1. The van der Waals surface area contributed by atoms with Gasteiger partial charge in [0.25, 0.3) is 0 Å². The molecule has 0 bridgehead atoms. The second-order valence-electron chi connectivity index (χ2n) is 3.04. The van der Waals surface area contributed by atoms with E-state index in [9.17, 15) is 0 Å². The Morgan fingerprint density at radius 3 is 3.00 bits per heavy atom. The second kappa shape index (κ2) is 3.22. The average Bonchev–Trinajstić information content (AvgIpc) is 2.58. The maximum atomic E-state index is 2.31. The molecule has 0 fully saturated rings. The van der Waals surface area contributed by atoms with Crippen LogP contribution in [0, 0.1) is 0 Å². The van der Waals surface area contributed by atoms with Gasteiger partial charge in [0.05, 0.1) is 0 Å². The van der Waals surface area contributed by atoms with Crippen molar-refractivity contribution in [1.82, 2.24) is 0 Å². The van der Waals surface area contributed by atoms with E-state index < -0.39 is 0 Å². The molecule has 0 N–H and O–H groups in total. The lowest BCUT2D eigenvalue weighted by atomic mass is 9.90. The fraction of sp³-hybridized carbons (Fsp3) is 0.400. The molecule has 1 heterocycles. The Balaban J connectivity index is 2.11. The first-order valence-electron chi connectivity index (χ1n) is 4.14. The van der Waals surface area contributed by atoms with Crippen molar-refractivity contribution in [3.63, 3.8) is 0 Å². The van der Waals surface area contributed by atoms with E-state index in [1.807, 2.05) is 11.3 Å². The summed E-state index contributed by atoms with van der Waals surface area (Å²) in [5, 5.41) is 4.46. The molecule has 0 spiro atoms. The van der Waals surface area contributed by atoms with Crippen LogP contribution >= 0.6 is 11.3 Å². The largest absolute Gasteiger partial charge is 0.152 e. The minimum absolute atomic E-state index is 0.811. The van der Waals surface area contributed by atoms with Gasteiger partial charge in [-0.1, -0.05) is 12.2 Å². The van der Waals surface area contributed by atoms with E-state index in [4.69, 9.17) is 0 Å². The van der Waals surface area contributed by atoms with E-state index >= 15 is 0 Å². The standard InChI is InChI=1S/C10H12S/c1-2-4-9(5-3-1)10-6-7-11-8-10/h1-2,6-9H,3-5H2. The van der Waals surface area contributed by atoms with Crippen molar-refractivity contribution in [2.45, 2.75) is 25.2 Å². The number of thiophene rings is 1. The Morgan fingerprint density at radius 1 is 1.36 bits per heavy atom. The maximum Gasteiger partial charge on any atom is -0.00583 e. The normalized spacial score (nSPS) is 23.8. The summed E-state index contributed by atoms with van der Waals surface area (Å²) in [4.78, 5) is 0. The molecule has 0 saturated heterocycles. The average molecular weight is 164 g/mol. The SMILES string of the molecule is C1=CCC(c2ccsc2)CC1. The van der Waals surface area contributed by atoms with E-state index in [2.05, 4.69) is 29.0 Å². The predicted molar refractivity (Wildman–Crippen MR) is 50.1 cm³/mol. The molecule has 1 aromatic rings. The Kier molecular flexibility index (Phi) is 2.08. The molecule has 0 saturated carbocycles. The Labute approximate surface area is 71.6 Å². The van der Waals surface area contributed by atoms with Crippen LogP contribution in [-0.4, -0.2) is 0 Å². The first-order chi connectivity index (χ1) is 5.47. The second-order valence-corrected chi connectivity index (χ2v) is 3.82. The van der Waals surface area contributed by atoms with Gasteiger partial charge in [-0.05, 0) is 47.6 Å². The molecule has 0 nitrogen and oxygen atoms in total. The zero-order chi connectivity index (χ0) is 7.52. The van der Waals surface area contributed by atoms with Crippen LogP contribution in [0.4, 0.5) is 0 Å².